The van der Waals surface area contributed by atoms with Gasteiger partial charge in [0.1, 0.15) is 6.04 Å². The number of imide groups is 1. The van der Waals surface area contributed by atoms with Gasteiger partial charge in [-0.3, -0.25) is 24.3 Å². The van der Waals surface area contributed by atoms with Crippen molar-refractivity contribution >= 4 is 17.7 Å². The highest BCUT2D eigenvalue weighted by Crippen LogP contribution is 2.15. The first-order valence-electron chi connectivity index (χ1n) is 5.50. The van der Waals surface area contributed by atoms with Crippen molar-refractivity contribution in [2.24, 2.45) is 0 Å². The van der Waals surface area contributed by atoms with Crippen LogP contribution >= 0.6 is 0 Å². The molecule has 0 radical (unpaired) electrons. The van der Waals surface area contributed by atoms with E-state index in [0.29, 0.717) is 6.42 Å². The molecule has 0 aliphatic carbocycles. The van der Waals surface area contributed by atoms with E-state index in [1.807, 2.05) is 6.07 Å². The minimum Gasteiger partial charge on any atom is -0.325 e. The van der Waals surface area contributed by atoms with Gasteiger partial charge in [0, 0.05) is 32.9 Å². The summed E-state index contributed by atoms with van der Waals surface area (Å²) in [5, 5.41) is 0. The Hall–Kier alpha value is -2.24. The minimum atomic E-state index is -0.787. The van der Waals surface area contributed by atoms with Crippen LogP contribution < -0.4 is 0 Å². The lowest BCUT2D eigenvalue weighted by Gasteiger charge is -2.34. The highest BCUT2D eigenvalue weighted by molar-refractivity contribution is 6.39. The van der Waals surface area contributed by atoms with Crippen molar-refractivity contribution in [1.82, 2.24) is 14.8 Å². The van der Waals surface area contributed by atoms with E-state index in [4.69, 9.17) is 0 Å². The normalized spacial score (nSPS) is 20.6. The molecule has 6 nitrogen and oxygen atoms in total. The van der Waals surface area contributed by atoms with Crippen molar-refractivity contribution in [3.05, 3.63) is 30.1 Å². The third kappa shape index (κ3) is 1.97. The zero-order chi connectivity index (χ0) is 13.3. The molecule has 0 bridgehead atoms. The summed E-state index contributed by atoms with van der Waals surface area (Å²) < 4.78 is 0. The molecule has 1 saturated heterocycles. The summed E-state index contributed by atoms with van der Waals surface area (Å²) in [6.45, 7) is 0. The Bertz CT molecular complexity index is 501. The second-order valence-corrected chi connectivity index (χ2v) is 4.20. The first-order valence-corrected chi connectivity index (χ1v) is 5.50. The van der Waals surface area contributed by atoms with Gasteiger partial charge in [-0.05, 0) is 11.6 Å². The number of piperazine rings is 1. The van der Waals surface area contributed by atoms with Crippen LogP contribution in [0.2, 0.25) is 0 Å². The fourth-order valence-corrected chi connectivity index (χ4v) is 1.89. The number of rotatable bonds is 2. The van der Waals surface area contributed by atoms with Crippen LogP contribution in [0.5, 0.6) is 0 Å². The molecule has 1 unspecified atom stereocenters. The molecule has 1 fully saturated rings. The van der Waals surface area contributed by atoms with Gasteiger partial charge in [0.15, 0.2) is 0 Å². The van der Waals surface area contributed by atoms with Gasteiger partial charge in [-0.25, -0.2) is 0 Å². The summed E-state index contributed by atoms with van der Waals surface area (Å²) in [4.78, 5) is 41.1. The predicted molar refractivity (Wildman–Crippen MR) is 62.3 cm³/mol. The standard InChI is InChI=1S/C12H13N3O3/c1-14-9(6-8-4-3-5-13-7-8)10(16)15(2)12(18)11(14)17/h3-5,7,9H,6H2,1-2H3. The monoisotopic (exact) mass is 247 g/mol. The van der Waals surface area contributed by atoms with Crippen LogP contribution in [0.15, 0.2) is 24.5 Å². The molecule has 1 aliphatic heterocycles. The van der Waals surface area contributed by atoms with E-state index in [1.165, 1.54) is 19.0 Å². The Kier molecular flexibility index (Phi) is 3.10. The van der Waals surface area contributed by atoms with Crippen LogP contribution in [-0.2, 0) is 20.8 Å². The minimum absolute atomic E-state index is 0.354. The average molecular weight is 247 g/mol. The predicted octanol–water partition coefficient (Wildman–Crippen LogP) is -0.550. The number of carbonyl (C=O) groups is 3. The first kappa shape index (κ1) is 12.2. The first-order chi connectivity index (χ1) is 8.52. The summed E-state index contributed by atoms with van der Waals surface area (Å²) in [5.74, 6) is -1.82. The molecule has 0 saturated carbocycles. The van der Waals surface area contributed by atoms with Gasteiger partial charge in [0.2, 0.25) is 0 Å². The lowest BCUT2D eigenvalue weighted by Crippen LogP contribution is -2.60. The number of carbonyl (C=O) groups excluding carboxylic acids is 3. The second kappa shape index (κ2) is 4.56. The molecule has 1 aromatic heterocycles. The van der Waals surface area contributed by atoms with Crippen LogP contribution in [0, 0.1) is 0 Å². The Balaban J connectivity index is 2.24. The Morgan fingerprint density at radius 2 is 1.94 bits per heavy atom. The zero-order valence-electron chi connectivity index (χ0n) is 10.2. The molecule has 2 heterocycles. The van der Waals surface area contributed by atoms with Crippen molar-refractivity contribution in [1.29, 1.82) is 0 Å². The van der Waals surface area contributed by atoms with Crippen molar-refractivity contribution in [3.8, 4) is 0 Å². The average Bonchev–Trinajstić information content (AvgIpc) is 2.40. The molecule has 0 aromatic carbocycles. The van der Waals surface area contributed by atoms with E-state index in [1.54, 1.807) is 18.5 Å². The van der Waals surface area contributed by atoms with Crippen LogP contribution in [0.4, 0.5) is 0 Å². The van der Waals surface area contributed by atoms with E-state index in [9.17, 15) is 14.4 Å². The highest BCUT2D eigenvalue weighted by atomic mass is 16.2. The van der Waals surface area contributed by atoms with Crippen molar-refractivity contribution in [3.63, 3.8) is 0 Å². The summed E-state index contributed by atoms with van der Waals surface area (Å²) in [6, 6.07) is 2.94. The van der Waals surface area contributed by atoms with Gasteiger partial charge >= 0.3 is 11.8 Å². The van der Waals surface area contributed by atoms with E-state index in [0.717, 1.165) is 10.5 Å². The topological polar surface area (TPSA) is 70.6 Å². The number of nitrogens with zero attached hydrogens (tertiary/aromatic N) is 3. The number of amides is 3. The van der Waals surface area contributed by atoms with Crippen molar-refractivity contribution in [2.45, 2.75) is 12.5 Å². The SMILES string of the molecule is CN1C(=O)C(=O)N(C)C(Cc2cccnc2)C1=O. The Morgan fingerprint density at radius 1 is 1.22 bits per heavy atom. The van der Waals surface area contributed by atoms with Gasteiger partial charge in [-0.1, -0.05) is 6.07 Å². The summed E-state index contributed by atoms with van der Waals surface area (Å²) in [6.07, 6.45) is 3.63. The second-order valence-electron chi connectivity index (χ2n) is 4.20. The molecule has 94 valence electrons. The maximum absolute atomic E-state index is 12.0. The maximum atomic E-state index is 12.0. The van der Waals surface area contributed by atoms with Gasteiger partial charge in [0.05, 0.1) is 0 Å². The number of hydrogen-bond acceptors (Lipinski definition) is 4. The number of aromatic nitrogens is 1. The molecule has 0 N–H and O–H groups in total. The molecule has 6 heteroatoms. The van der Waals surface area contributed by atoms with Crippen LogP contribution in [0.1, 0.15) is 5.56 Å². The summed E-state index contributed by atoms with van der Waals surface area (Å²) in [5.41, 5.74) is 0.846. The molecular weight excluding hydrogens is 234 g/mol. The molecule has 1 atom stereocenters. The van der Waals surface area contributed by atoms with E-state index >= 15 is 0 Å². The molecule has 0 spiro atoms. The third-order valence-electron chi connectivity index (χ3n) is 3.04. The molecule has 18 heavy (non-hydrogen) atoms. The van der Waals surface area contributed by atoms with Gasteiger partial charge < -0.3 is 4.90 Å². The van der Waals surface area contributed by atoms with Crippen LogP contribution in [-0.4, -0.2) is 52.6 Å². The smallest absolute Gasteiger partial charge is 0.318 e. The third-order valence-corrected chi connectivity index (χ3v) is 3.04. The molecular formula is C12H13N3O3. The van der Waals surface area contributed by atoms with Crippen LogP contribution in [0.3, 0.4) is 0 Å². The lowest BCUT2D eigenvalue weighted by atomic mass is 10.0. The molecule has 1 aliphatic rings. The lowest BCUT2D eigenvalue weighted by molar-refractivity contribution is -0.165. The van der Waals surface area contributed by atoms with Gasteiger partial charge in [0.25, 0.3) is 5.91 Å². The quantitative estimate of drug-likeness (QED) is 0.519. The van der Waals surface area contributed by atoms with Gasteiger partial charge in [-0.15, -0.1) is 0 Å². The highest BCUT2D eigenvalue weighted by Gasteiger charge is 2.41. The largest absolute Gasteiger partial charge is 0.325 e. The van der Waals surface area contributed by atoms with Gasteiger partial charge in [-0.2, -0.15) is 0 Å². The summed E-state index contributed by atoms with van der Waals surface area (Å²) >= 11 is 0. The number of pyridine rings is 1. The number of hydrogen-bond donors (Lipinski definition) is 0. The van der Waals surface area contributed by atoms with E-state index in [2.05, 4.69) is 4.98 Å². The summed E-state index contributed by atoms with van der Waals surface area (Å²) in [7, 11) is 2.79. The molecule has 2 rings (SSSR count). The van der Waals surface area contributed by atoms with Crippen molar-refractivity contribution < 1.29 is 14.4 Å². The number of likely N-dealkylation sites (N-methyl/N-ethyl adjacent to an activating group) is 2. The Labute approximate surface area is 104 Å². The Morgan fingerprint density at radius 3 is 2.56 bits per heavy atom. The fraction of sp³-hybridized carbons (Fsp3) is 0.333. The molecule has 3 amide bonds. The zero-order valence-corrected chi connectivity index (χ0v) is 10.2. The maximum Gasteiger partial charge on any atom is 0.318 e. The molecule has 1 aromatic rings. The van der Waals surface area contributed by atoms with Crippen molar-refractivity contribution in [2.75, 3.05) is 14.1 Å². The fourth-order valence-electron chi connectivity index (χ4n) is 1.89. The van der Waals surface area contributed by atoms with Crippen LogP contribution in [0.25, 0.3) is 0 Å². The van der Waals surface area contributed by atoms with E-state index in [-0.39, 0.29) is 5.91 Å². The van der Waals surface area contributed by atoms with E-state index < -0.39 is 17.9 Å².